The van der Waals surface area contributed by atoms with Crippen LogP contribution in [0.1, 0.15) is 32.3 Å². The quantitative estimate of drug-likeness (QED) is 0.389. The largest absolute Gasteiger partial charge is 0.489 e. The third-order valence-electron chi connectivity index (χ3n) is 3.28. The minimum Gasteiger partial charge on any atom is -0.489 e. The molecule has 1 aliphatic rings. The number of nitrogens with two attached hydrogens (primary N) is 1. The van der Waals surface area contributed by atoms with Crippen LogP contribution >= 0.6 is 11.6 Å². The van der Waals surface area contributed by atoms with Crippen LogP contribution in [-0.2, 0) is 4.74 Å². The van der Waals surface area contributed by atoms with E-state index >= 15 is 0 Å². The van der Waals surface area contributed by atoms with Crippen LogP contribution in [0.15, 0.2) is 23.4 Å². The highest BCUT2D eigenvalue weighted by molar-refractivity contribution is 6.32. The van der Waals surface area contributed by atoms with Crippen LogP contribution in [0.2, 0.25) is 5.02 Å². The lowest BCUT2D eigenvalue weighted by molar-refractivity contribution is -0.0721. The molecule has 2 rings (SSSR count). The van der Waals surface area contributed by atoms with Crippen molar-refractivity contribution in [3.8, 4) is 5.75 Å². The summed E-state index contributed by atoms with van der Waals surface area (Å²) < 4.78 is 11.6. The maximum atomic E-state index is 8.64. The van der Waals surface area contributed by atoms with Crippen LogP contribution in [-0.4, -0.2) is 29.4 Å². The molecular formula is C14H19ClN2O3. The number of rotatable bonds is 3. The average molecular weight is 299 g/mol. The number of oxime groups is 1. The highest BCUT2D eigenvalue weighted by Crippen LogP contribution is 2.30. The molecule has 0 spiro atoms. The smallest absolute Gasteiger partial charge is 0.170 e. The standard InChI is InChI=1S/C14H19ClN2O3/c1-8-5-11(6-9(2)19-8)20-13-4-3-10(7-12(13)15)14(16)17-18/h3-4,7-9,11,18H,5-6H2,1-2H3,(H2,16,17). The van der Waals surface area contributed by atoms with Crippen LogP contribution in [0.3, 0.4) is 0 Å². The van der Waals surface area contributed by atoms with Gasteiger partial charge in [0.2, 0.25) is 0 Å². The molecule has 6 heteroatoms. The van der Waals surface area contributed by atoms with E-state index in [9.17, 15) is 0 Å². The molecule has 1 fully saturated rings. The Hall–Kier alpha value is -1.46. The van der Waals surface area contributed by atoms with Crippen molar-refractivity contribution in [2.24, 2.45) is 10.9 Å². The first kappa shape index (κ1) is 14.9. The normalized spacial score (nSPS) is 27.4. The number of amidine groups is 1. The zero-order chi connectivity index (χ0) is 14.7. The predicted octanol–water partition coefficient (Wildman–Crippen LogP) is 2.77. The monoisotopic (exact) mass is 298 g/mol. The minimum absolute atomic E-state index is 0.0201. The first-order valence-corrected chi connectivity index (χ1v) is 6.97. The number of hydrogen-bond acceptors (Lipinski definition) is 4. The van der Waals surface area contributed by atoms with E-state index in [4.69, 9.17) is 32.0 Å². The van der Waals surface area contributed by atoms with Gasteiger partial charge in [-0.1, -0.05) is 16.8 Å². The van der Waals surface area contributed by atoms with Crippen molar-refractivity contribution < 1.29 is 14.7 Å². The van der Waals surface area contributed by atoms with Gasteiger partial charge in [-0.3, -0.25) is 0 Å². The second-order valence-electron chi connectivity index (χ2n) is 5.10. The van der Waals surface area contributed by atoms with Gasteiger partial charge in [0.05, 0.1) is 17.2 Å². The van der Waals surface area contributed by atoms with E-state index in [-0.39, 0.29) is 24.1 Å². The van der Waals surface area contributed by atoms with E-state index in [1.807, 2.05) is 13.8 Å². The maximum Gasteiger partial charge on any atom is 0.170 e. The topological polar surface area (TPSA) is 77.1 Å². The average Bonchev–Trinajstić information content (AvgIpc) is 2.39. The maximum absolute atomic E-state index is 8.64. The van der Waals surface area contributed by atoms with Gasteiger partial charge in [0.25, 0.3) is 0 Å². The van der Waals surface area contributed by atoms with Crippen molar-refractivity contribution >= 4 is 17.4 Å². The molecule has 2 unspecified atom stereocenters. The molecule has 1 aromatic rings. The Morgan fingerprint density at radius 3 is 2.60 bits per heavy atom. The molecule has 110 valence electrons. The van der Waals surface area contributed by atoms with Gasteiger partial charge in [0, 0.05) is 18.4 Å². The second kappa shape index (κ2) is 6.33. The summed E-state index contributed by atoms with van der Waals surface area (Å²) in [4.78, 5) is 0. The van der Waals surface area contributed by atoms with Gasteiger partial charge >= 0.3 is 0 Å². The Bertz CT molecular complexity index is 497. The molecule has 0 saturated carbocycles. The van der Waals surface area contributed by atoms with E-state index in [0.29, 0.717) is 16.3 Å². The lowest BCUT2D eigenvalue weighted by Gasteiger charge is -2.32. The fourth-order valence-electron chi connectivity index (χ4n) is 2.43. The van der Waals surface area contributed by atoms with Crippen molar-refractivity contribution in [1.29, 1.82) is 0 Å². The van der Waals surface area contributed by atoms with Crippen molar-refractivity contribution in [3.05, 3.63) is 28.8 Å². The zero-order valence-corrected chi connectivity index (χ0v) is 12.3. The lowest BCUT2D eigenvalue weighted by Crippen LogP contribution is -2.35. The summed E-state index contributed by atoms with van der Waals surface area (Å²) in [5.41, 5.74) is 6.07. The molecule has 5 nitrogen and oxygen atoms in total. The molecule has 1 saturated heterocycles. The van der Waals surface area contributed by atoms with E-state index in [1.165, 1.54) is 0 Å². The van der Waals surface area contributed by atoms with Crippen molar-refractivity contribution in [1.82, 2.24) is 0 Å². The number of halogens is 1. The number of nitrogens with zero attached hydrogens (tertiary/aromatic N) is 1. The second-order valence-corrected chi connectivity index (χ2v) is 5.51. The van der Waals surface area contributed by atoms with Gasteiger partial charge < -0.3 is 20.4 Å². The Balaban J connectivity index is 2.10. The molecule has 2 atom stereocenters. The Labute approximate surface area is 123 Å². The first-order valence-electron chi connectivity index (χ1n) is 6.59. The highest BCUT2D eigenvalue weighted by Gasteiger charge is 2.26. The van der Waals surface area contributed by atoms with Crippen LogP contribution < -0.4 is 10.5 Å². The van der Waals surface area contributed by atoms with Crippen molar-refractivity contribution in [2.75, 3.05) is 0 Å². The van der Waals surface area contributed by atoms with Crippen molar-refractivity contribution in [2.45, 2.75) is 45.0 Å². The highest BCUT2D eigenvalue weighted by atomic mass is 35.5. The van der Waals surface area contributed by atoms with E-state index < -0.39 is 0 Å². The third-order valence-corrected chi connectivity index (χ3v) is 3.58. The predicted molar refractivity (Wildman–Crippen MR) is 77.6 cm³/mol. The molecule has 1 aromatic carbocycles. The SMILES string of the molecule is CC1CC(Oc2ccc(/C(N)=N/O)cc2Cl)CC(C)O1. The summed E-state index contributed by atoms with van der Waals surface area (Å²) in [7, 11) is 0. The van der Waals surface area contributed by atoms with Crippen LogP contribution in [0.5, 0.6) is 5.75 Å². The van der Waals surface area contributed by atoms with Gasteiger partial charge in [0.15, 0.2) is 5.84 Å². The molecular weight excluding hydrogens is 280 g/mol. The van der Waals surface area contributed by atoms with E-state index in [2.05, 4.69) is 5.16 Å². The van der Waals surface area contributed by atoms with Crippen molar-refractivity contribution in [3.63, 3.8) is 0 Å². The molecule has 0 amide bonds. The zero-order valence-electron chi connectivity index (χ0n) is 11.5. The van der Waals surface area contributed by atoms with Crippen LogP contribution in [0.25, 0.3) is 0 Å². The number of benzene rings is 1. The third kappa shape index (κ3) is 3.55. The fraction of sp³-hybridized carbons (Fsp3) is 0.500. The fourth-order valence-corrected chi connectivity index (χ4v) is 2.66. The van der Waals surface area contributed by atoms with Gasteiger partial charge in [-0.25, -0.2) is 0 Å². The molecule has 20 heavy (non-hydrogen) atoms. The minimum atomic E-state index is 0.0201. The summed E-state index contributed by atoms with van der Waals surface area (Å²) in [6.45, 7) is 4.07. The van der Waals surface area contributed by atoms with Crippen LogP contribution in [0, 0.1) is 0 Å². The van der Waals surface area contributed by atoms with Gasteiger partial charge in [-0.15, -0.1) is 0 Å². The van der Waals surface area contributed by atoms with Gasteiger partial charge in [-0.2, -0.15) is 0 Å². The summed E-state index contributed by atoms with van der Waals surface area (Å²) in [5.74, 6) is 0.624. The molecule has 3 N–H and O–H groups in total. The summed E-state index contributed by atoms with van der Waals surface area (Å²) in [6.07, 6.45) is 2.12. The number of hydrogen-bond donors (Lipinski definition) is 2. The van der Waals surface area contributed by atoms with E-state index in [1.54, 1.807) is 18.2 Å². The first-order chi connectivity index (χ1) is 9.49. The van der Waals surface area contributed by atoms with Gasteiger partial charge in [-0.05, 0) is 32.0 Å². The molecule has 0 aromatic heterocycles. The molecule has 1 heterocycles. The number of ether oxygens (including phenoxy) is 2. The molecule has 0 radical (unpaired) electrons. The summed E-state index contributed by atoms with van der Waals surface area (Å²) in [6, 6.07) is 5.07. The molecule has 0 aliphatic carbocycles. The molecule has 1 aliphatic heterocycles. The Morgan fingerprint density at radius 1 is 1.40 bits per heavy atom. The van der Waals surface area contributed by atoms with E-state index in [0.717, 1.165) is 12.8 Å². The van der Waals surface area contributed by atoms with Gasteiger partial charge in [0.1, 0.15) is 11.9 Å². The summed E-state index contributed by atoms with van der Waals surface area (Å²) in [5, 5.41) is 12.0. The Kier molecular flexibility index (Phi) is 4.73. The lowest BCUT2D eigenvalue weighted by atomic mass is 10.0. The summed E-state index contributed by atoms with van der Waals surface area (Å²) >= 11 is 6.17. The molecule has 0 bridgehead atoms. The van der Waals surface area contributed by atoms with Crippen LogP contribution in [0.4, 0.5) is 0 Å². The Morgan fingerprint density at radius 2 is 2.05 bits per heavy atom.